The maximum absolute atomic E-state index is 11.0. The van der Waals surface area contributed by atoms with Gasteiger partial charge in [0.15, 0.2) is 22.9 Å². The Bertz CT molecular complexity index is 652. The maximum atomic E-state index is 11.0. The minimum Gasteiger partial charge on any atom is -0.493 e. The van der Waals surface area contributed by atoms with Crippen molar-refractivity contribution in [3.8, 4) is 11.5 Å². The molecule has 0 saturated heterocycles. The molecular formula is C12H10N2O6. The highest BCUT2D eigenvalue weighted by atomic mass is 16.5. The second-order valence-electron chi connectivity index (χ2n) is 3.73. The van der Waals surface area contributed by atoms with Crippen molar-refractivity contribution in [2.75, 3.05) is 14.2 Å². The van der Waals surface area contributed by atoms with Crippen LogP contribution in [0.4, 0.5) is 0 Å². The summed E-state index contributed by atoms with van der Waals surface area (Å²) in [5, 5.41) is 18.0. The van der Waals surface area contributed by atoms with Gasteiger partial charge in [-0.3, -0.25) is 0 Å². The van der Waals surface area contributed by atoms with Gasteiger partial charge in [-0.2, -0.15) is 0 Å². The highest BCUT2D eigenvalue weighted by Crippen LogP contribution is 2.31. The Morgan fingerprint density at radius 1 is 0.900 bits per heavy atom. The van der Waals surface area contributed by atoms with Gasteiger partial charge in [0.05, 0.1) is 25.3 Å². The molecule has 0 aliphatic carbocycles. The molecule has 0 radical (unpaired) electrons. The first-order valence-electron chi connectivity index (χ1n) is 5.38. The van der Waals surface area contributed by atoms with Crippen LogP contribution >= 0.6 is 0 Å². The van der Waals surface area contributed by atoms with E-state index in [0.717, 1.165) is 0 Å². The molecule has 0 aliphatic rings. The average Bonchev–Trinajstić information content (AvgIpc) is 2.43. The van der Waals surface area contributed by atoms with Gasteiger partial charge in [0.1, 0.15) is 0 Å². The molecule has 0 unspecified atom stereocenters. The quantitative estimate of drug-likeness (QED) is 0.851. The number of carboxylic acid groups (broad SMARTS) is 2. The van der Waals surface area contributed by atoms with Crippen molar-refractivity contribution in [2.45, 2.75) is 0 Å². The molecule has 2 aromatic rings. The van der Waals surface area contributed by atoms with Crippen LogP contribution in [0.25, 0.3) is 11.0 Å². The SMILES string of the molecule is COc1cc2nc(C(=O)O)c(C(=O)O)nc2cc1OC. The molecule has 1 aromatic carbocycles. The number of benzene rings is 1. The lowest BCUT2D eigenvalue weighted by molar-refractivity contribution is 0.0642. The van der Waals surface area contributed by atoms with Crippen molar-refractivity contribution < 1.29 is 29.3 Å². The average molecular weight is 278 g/mol. The Balaban J connectivity index is 2.80. The standard InChI is InChI=1S/C12H10N2O6/c1-19-7-3-5-6(4-8(7)20-2)14-10(12(17)18)9(13-5)11(15)16/h3-4H,1-2H3,(H,15,16)(H,17,18). The van der Waals surface area contributed by atoms with Gasteiger partial charge in [-0.05, 0) is 0 Å². The molecule has 2 N–H and O–H groups in total. The van der Waals surface area contributed by atoms with Gasteiger partial charge in [0.2, 0.25) is 0 Å². The molecule has 0 aliphatic heterocycles. The van der Waals surface area contributed by atoms with E-state index in [4.69, 9.17) is 19.7 Å². The monoisotopic (exact) mass is 278 g/mol. The van der Waals surface area contributed by atoms with Crippen LogP contribution in [0.15, 0.2) is 12.1 Å². The van der Waals surface area contributed by atoms with E-state index >= 15 is 0 Å². The van der Waals surface area contributed by atoms with E-state index in [1.807, 2.05) is 0 Å². The van der Waals surface area contributed by atoms with E-state index in [0.29, 0.717) is 11.5 Å². The second-order valence-corrected chi connectivity index (χ2v) is 3.73. The Labute approximate surface area is 112 Å². The Morgan fingerprint density at radius 3 is 1.50 bits per heavy atom. The van der Waals surface area contributed by atoms with Crippen molar-refractivity contribution in [3.05, 3.63) is 23.5 Å². The van der Waals surface area contributed by atoms with Crippen LogP contribution in [0, 0.1) is 0 Å². The van der Waals surface area contributed by atoms with Crippen LogP contribution in [0.2, 0.25) is 0 Å². The fourth-order valence-electron chi connectivity index (χ4n) is 1.68. The number of hydrogen-bond acceptors (Lipinski definition) is 6. The number of fused-ring (bicyclic) bond motifs is 1. The number of ether oxygens (including phenoxy) is 2. The van der Waals surface area contributed by atoms with E-state index in [2.05, 4.69) is 9.97 Å². The Hall–Kier alpha value is -2.90. The highest BCUT2D eigenvalue weighted by Gasteiger charge is 2.21. The third-order valence-corrected chi connectivity index (χ3v) is 2.57. The van der Waals surface area contributed by atoms with E-state index in [1.54, 1.807) is 0 Å². The molecule has 104 valence electrons. The van der Waals surface area contributed by atoms with Crippen LogP contribution in [0.5, 0.6) is 11.5 Å². The number of aromatic carboxylic acids is 2. The molecular weight excluding hydrogens is 268 g/mol. The highest BCUT2D eigenvalue weighted by molar-refractivity contribution is 6.01. The molecule has 1 heterocycles. The number of aromatic nitrogens is 2. The van der Waals surface area contributed by atoms with Gasteiger partial charge >= 0.3 is 11.9 Å². The van der Waals surface area contributed by atoms with Gasteiger partial charge in [-0.1, -0.05) is 0 Å². The molecule has 0 amide bonds. The van der Waals surface area contributed by atoms with Crippen LogP contribution in [-0.2, 0) is 0 Å². The molecule has 8 heteroatoms. The van der Waals surface area contributed by atoms with Gasteiger partial charge in [-0.15, -0.1) is 0 Å². The summed E-state index contributed by atoms with van der Waals surface area (Å²) in [7, 11) is 2.84. The summed E-state index contributed by atoms with van der Waals surface area (Å²) >= 11 is 0. The lowest BCUT2D eigenvalue weighted by Gasteiger charge is -2.09. The summed E-state index contributed by atoms with van der Waals surface area (Å²) in [5.41, 5.74) is -0.857. The summed E-state index contributed by atoms with van der Waals surface area (Å²) in [6.07, 6.45) is 0. The number of nitrogens with zero attached hydrogens (tertiary/aromatic N) is 2. The van der Waals surface area contributed by atoms with Gasteiger partial charge < -0.3 is 19.7 Å². The molecule has 2 rings (SSSR count). The van der Waals surface area contributed by atoms with Crippen LogP contribution in [-0.4, -0.2) is 46.3 Å². The molecule has 0 bridgehead atoms. The number of carboxylic acids is 2. The summed E-state index contributed by atoms with van der Waals surface area (Å²) in [5.74, 6) is -2.25. The predicted octanol–water partition coefficient (Wildman–Crippen LogP) is 1.04. The third kappa shape index (κ3) is 2.18. The first kappa shape index (κ1) is 13.5. The first-order chi connectivity index (χ1) is 9.47. The van der Waals surface area contributed by atoms with Crippen LogP contribution in [0.1, 0.15) is 21.0 Å². The smallest absolute Gasteiger partial charge is 0.357 e. The number of hydrogen-bond donors (Lipinski definition) is 2. The van der Waals surface area contributed by atoms with Crippen molar-refractivity contribution >= 4 is 23.0 Å². The molecule has 0 saturated carbocycles. The molecule has 8 nitrogen and oxygen atoms in total. The van der Waals surface area contributed by atoms with Gasteiger partial charge in [-0.25, -0.2) is 19.6 Å². The molecule has 20 heavy (non-hydrogen) atoms. The van der Waals surface area contributed by atoms with Crippen molar-refractivity contribution in [2.24, 2.45) is 0 Å². The third-order valence-electron chi connectivity index (χ3n) is 2.57. The number of rotatable bonds is 4. The van der Waals surface area contributed by atoms with E-state index in [1.165, 1.54) is 26.4 Å². The molecule has 0 fully saturated rings. The van der Waals surface area contributed by atoms with Crippen LogP contribution in [0.3, 0.4) is 0 Å². The van der Waals surface area contributed by atoms with E-state index in [-0.39, 0.29) is 11.0 Å². The first-order valence-corrected chi connectivity index (χ1v) is 5.38. The zero-order chi connectivity index (χ0) is 14.9. The zero-order valence-corrected chi connectivity index (χ0v) is 10.6. The van der Waals surface area contributed by atoms with Crippen molar-refractivity contribution in [1.29, 1.82) is 0 Å². The summed E-state index contributed by atoms with van der Waals surface area (Å²) in [6.45, 7) is 0. The Kier molecular flexibility index (Phi) is 3.38. The maximum Gasteiger partial charge on any atom is 0.357 e. The molecule has 1 aromatic heterocycles. The number of carbonyl (C=O) groups is 2. The van der Waals surface area contributed by atoms with Crippen molar-refractivity contribution in [1.82, 2.24) is 9.97 Å². The summed E-state index contributed by atoms with van der Waals surface area (Å²) in [6, 6.07) is 2.86. The lowest BCUT2D eigenvalue weighted by Crippen LogP contribution is -2.13. The summed E-state index contributed by atoms with van der Waals surface area (Å²) < 4.78 is 10.1. The number of methoxy groups -OCH3 is 2. The van der Waals surface area contributed by atoms with Crippen LogP contribution < -0.4 is 9.47 Å². The second kappa shape index (κ2) is 5.00. The Morgan fingerprint density at radius 2 is 1.25 bits per heavy atom. The summed E-state index contributed by atoms with van der Waals surface area (Å²) in [4.78, 5) is 29.7. The molecule has 0 spiro atoms. The zero-order valence-electron chi connectivity index (χ0n) is 10.6. The normalized spacial score (nSPS) is 10.3. The van der Waals surface area contributed by atoms with E-state index in [9.17, 15) is 9.59 Å². The topological polar surface area (TPSA) is 119 Å². The van der Waals surface area contributed by atoms with Gasteiger partial charge in [0.25, 0.3) is 0 Å². The minimum absolute atomic E-state index is 0.199. The van der Waals surface area contributed by atoms with E-state index < -0.39 is 23.3 Å². The lowest BCUT2D eigenvalue weighted by atomic mass is 10.2. The molecule has 0 atom stereocenters. The fraction of sp³-hybridized carbons (Fsp3) is 0.167. The fourth-order valence-corrected chi connectivity index (χ4v) is 1.68. The minimum atomic E-state index is -1.47. The predicted molar refractivity (Wildman–Crippen MR) is 66.6 cm³/mol. The largest absolute Gasteiger partial charge is 0.493 e. The van der Waals surface area contributed by atoms with Gasteiger partial charge in [0, 0.05) is 12.1 Å². The van der Waals surface area contributed by atoms with Crippen molar-refractivity contribution in [3.63, 3.8) is 0 Å².